The van der Waals surface area contributed by atoms with Gasteiger partial charge in [0.05, 0.1) is 35.6 Å². The molecule has 0 spiro atoms. The number of aromatic nitrogens is 2. The largest absolute Gasteiger partial charge is 0.491 e. The fraction of sp³-hybridized carbons (Fsp3) is 0.450. The number of hydrogen-bond acceptors (Lipinski definition) is 6. The number of hydrogen-bond donors (Lipinski definition) is 1. The lowest BCUT2D eigenvalue weighted by molar-refractivity contribution is 0.0955. The summed E-state index contributed by atoms with van der Waals surface area (Å²) in [5.41, 5.74) is 5.32. The van der Waals surface area contributed by atoms with Gasteiger partial charge in [0, 0.05) is 16.8 Å². The Morgan fingerprint density at radius 3 is 2.59 bits per heavy atom. The van der Waals surface area contributed by atoms with Gasteiger partial charge in [-0.15, -0.1) is 0 Å². The Morgan fingerprint density at radius 2 is 2.00 bits per heavy atom. The molecule has 3 rings (SSSR count). The minimum Gasteiger partial charge on any atom is -0.491 e. The van der Waals surface area contributed by atoms with Gasteiger partial charge in [0.25, 0.3) is 5.91 Å². The Kier molecular flexibility index (Phi) is 6.07. The van der Waals surface area contributed by atoms with Gasteiger partial charge in [-0.1, -0.05) is 0 Å². The van der Waals surface area contributed by atoms with E-state index in [1.807, 2.05) is 27.7 Å². The summed E-state index contributed by atoms with van der Waals surface area (Å²) in [6, 6.07) is 6.69. The van der Waals surface area contributed by atoms with E-state index in [0.29, 0.717) is 17.7 Å². The van der Waals surface area contributed by atoms with Crippen LogP contribution in [0.1, 0.15) is 53.6 Å². The molecule has 2 heterocycles. The number of aryl methyl sites for hydroxylation is 1. The zero-order valence-electron chi connectivity index (χ0n) is 17.0. The summed E-state index contributed by atoms with van der Waals surface area (Å²) < 4.78 is 30.8. The van der Waals surface area contributed by atoms with E-state index in [1.165, 1.54) is 0 Å². The van der Waals surface area contributed by atoms with Gasteiger partial charge in [-0.3, -0.25) is 9.48 Å². The summed E-state index contributed by atoms with van der Waals surface area (Å²) in [6.45, 7) is 7.59. The lowest BCUT2D eigenvalue weighted by Crippen LogP contribution is -2.17. The minimum atomic E-state index is -2.99. The third kappa shape index (κ3) is 5.03. The molecule has 9 heteroatoms. The SMILES string of the molecule is Cc1nn([C@H]2CCS(=O)(=O)C2)c(C)c1/C=N\NC(=O)c1ccc(OC(C)C)cc1. The zero-order chi connectivity index (χ0) is 21.2. The molecule has 1 saturated heterocycles. The van der Waals surface area contributed by atoms with Crippen LogP contribution in [0, 0.1) is 13.8 Å². The molecule has 0 aliphatic carbocycles. The Hall–Kier alpha value is -2.68. The molecule has 1 aromatic heterocycles. The van der Waals surface area contributed by atoms with Crippen molar-refractivity contribution in [1.29, 1.82) is 0 Å². The molecule has 0 bridgehead atoms. The van der Waals surface area contributed by atoms with Gasteiger partial charge >= 0.3 is 0 Å². The summed E-state index contributed by atoms with van der Waals surface area (Å²) in [6.07, 6.45) is 2.18. The van der Waals surface area contributed by atoms with Crippen molar-refractivity contribution in [2.75, 3.05) is 11.5 Å². The summed E-state index contributed by atoms with van der Waals surface area (Å²) in [5, 5.41) is 8.53. The first-order valence-electron chi connectivity index (χ1n) is 9.52. The first kappa shape index (κ1) is 21.0. The van der Waals surface area contributed by atoms with E-state index < -0.39 is 9.84 Å². The van der Waals surface area contributed by atoms with Crippen molar-refractivity contribution in [2.45, 2.75) is 46.3 Å². The molecule has 1 fully saturated rings. The molecule has 1 amide bonds. The second kappa shape index (κ2) is 8.36. The highest BCUT2D eigenvalue weighted by molar-refractivity contribution is 7.91. The quantitative estimate of drug-likeness (QED) is 0.573. The number of benzene rings is 1. The summed E-state index contributed by atoms with van der Waals surface area (Å²) >= 11 is 0. The fourth-order valence-electron chi connectivity index (χ4n) is 3.36. The van der Waals surface area contributed by atoms with Crippen molar-refractivity contribution >= 4 is 22.0 Å². The van der Waals surface area contributed by atoms with Crippen molar-refractivity contribution in [1.82, 2.24) is 15.2 Å². The first-order chi connectivity index (χ1) is 13.7. The fourth-order valence-corrected chi connectivity index (χ4v) is 5.06. The van der Waals surface area contributed by atoms with E-state index in [-0.39, 0.29) is 29.6 Å². The molecule has 1 aromatic carbocycles. The van der Waals surface area contributed by atoms with Crippen molar-refractivity contribution in [2.24, 2.45) is 5.10 Å². The molecular formula is C20H26N4O4S. The normalized spacial score (nSPS) is 18.4. The molecule has 0 unspecified atom stereocenters. The topological polar surface area (TPSA) is 103 Å². The lowest BCUT2D eigenvalue weighted by atomic mass is 10.2. The monoisotopic (exact) mass is 418 g/mol. The van der Waals surface area contributed by atoms with E-state index in [9.17, 15) is 13.2 Å². The second-order valence-corrected chi connectivity index (χ2v) is 9.70. The number of carbonyl (C=O) groups excluding carboxylic acids is 1. The Labute approximate surface area is 170 Å². The predicted octanol–water partition coefficient (Wildman–Crippen LogP) is 2.41. The maximum Gasteiger partial charge on any atom is 0.271 e. The van der Waals surface area contributed by atoms with Crippen LogP contribution < -0.4 is 10.2 Å². The van der Waals surface area contributed by atoms with Crippen molar-refractivity contribution in [3.8, 4) is 5.75 Å². The number of hydrazone groups is 1. The minimum absolute atomic E-state index is 0.0658. The van der Waals surface area contributed by atoms with Crippen LogP contribution in [0.25, 0.3) is 0 Å². The van der Waals surface area contributed by atoms with Gasteiger partial charge in [-0.05, 0) is 58.4 Å². The standard InChI is InChI=1S/C20H26N4O4S/c1-13(2)28-18-7-5-16(6-8-18)20(25)22-21-11-19-14(3)23-24(15(19)4)17-9-10-29(26,27)12-17/h5-8,11,13,17H,9-10,12H2,1-4H3,(H,22,25)/b21-11-/t17-/m0/s1. The van der Waals surface area contributed by atoms with Crippen LogP contribution in [0.3, 0.4) is 0 Å². The number of ether oxygens (including phenoxy) is 1. The average Bonchev–Trinajstić information content (AvgIpc) is 3.14. The summed E-state index contributed by atoms with van der Waals surface area (Å²) in [4.78, 5) is 12.3. The molecule has 0 radical (unpaired) electrons. The molecule has 1 N–H and O–H groups in total. The molecule has 1 aliphatic rings. The van der Waals surface area contributed by atoms with Crippen molar-refractivity contribution in [3.63, 3.8) is 0 Å². The Balaban J connectivity index is 1.66. The average molecular weight is 419 g/mol. The molecule has 2 aromatic rings. The molecule has 156 valence electrons. The third-order valence-electron chi connectivity index (χ3n) is 4.78. The number of nitrogens with zero attached hydrogens (tertiary/aromatic N) is 3. The first-order valence-corrected chi connectivity index (χ1v) is 11.3. The van der Waals surface area contributed by atoms with Crippen LogP contribution in [0.5, 0.6) is 5.75 Å². The third-order valence-corrected chi connectivity index (χ3v) is 6.53. The Morgan fingerprint density at radius 1 is 1.31 bits per heavy atom. The maximum atomic E-state index is 12.3. The van der Waals surface area contributed by atoms with E-state index in [2.05, 4.69) is 15.6 Å². The van der Waals surface area contributed by atoms with Gasteiger partial charge in [0.15, 0.2) is 9.84 Å². The smallest absolute Gasteiger partial charge is 0.271 e. The molecule has 1 atom stereocenters. The van der Waals surface area contributed by atoms with E-state index in [0.717, 1.165) is 17.0 Å². The highest BCUT2D eigenvalue weighted by Gasteiger charge is 2.31. The highest BCUT2D eigenvalue weighted by atomic mass is 32.2. The van der Waals surface area contributed by atoms with E-state index in [4.69, 9.17) is 4.74 Å². The van der Waals surface area contributed by atoms with Gasteiger partial charge < -0.3 is 4.74 Å². The van der Waals surface area contributed by atoms with Crippen LogP contribution in [0.2, 0.25) is 0 Å². The maximum absolute atomic E-state index is 12.3. The summed E-state index contributed by atoms with van der Waals surface area (Å²) in [5.74, 6) is 0.671. The summed E-state index contributed by atoms with van der Waals surface area (Å²) in [7, 11) is -2.99. The van der Waals surface area contributed by atoms with E-state index in [1.54, 1.807) is 35.2 Å². The lowest BCUT2D eigenvalue weighted by Gasteiger charge is -2.10. The number of sulfone groups is 1. The zero-order valence-corrected chi connectivity index (χ0v) is 17.9. The van der Waals surface area contributed by atoms with Gasteiger partial charge in [-0.2, -0.15) is 10.2 Å². The molecule has 8 nitrogen and oxygen atoms in total. The second-order valence-electron chi connectivity index (χ2n) is 7.48. The molecular weight excluding hydrogens is 392 g/mol. The van der Waals surface area contributed by atoms with Gasteiger partial charge in [0.1, 0.15) is 5.75 Å². The van der Waals surface area contributed by atoms with E-state index >= 15 is 0 Å². The van der Waals surface area contributed by atoms with Crippen LogP contribution >= 0.6 is 0 Å². The molecule has 29 heavy (non-hydrogen) atoms. The number of nitrogens with one attached hydrogen (secondary N) is 1. The van der Waals surface area contributed by atoms with Crippen molar-refractivity contribution < 1.29 is 17.9 Å². The highest BCUT2D eigenvalue weighted by Crippen LogP contribution is 2.26. The predicted molar refractivity (Wildman–Crippen MR) is 111 cm³/mol. The van der Waals surface area contributed by atoms with Gasteiger partial charge in [0.2, 0.25) is 0 Å². The molecule has 0 saturated carbocycles. The van der Waals surface area contributed by atoms with Crippen molar-refractivity contribution in [3.05, 3.63) is 46.8 Å². The van der Waals surface area contributed by atoms with Crippen LogP contribution in [-0.4, -0.2) is 47.9 Å². The van der Waals surface area contributed by atoms with Crippen LogP contribution in [-0.2, 0) is 9.84 Å². The molecule has 1 aliphatic heterocycles. The number of carbonyl (C=O) groups is 1. The van der Waals surface area contributed by atoms with Crippen LogP contribution in [0.4, 0.5) is 0 Å². The Bertz CT molecular complexity index is 1020. The van der Waals surface area contributed by atoms with Gasteiger partial charge in [-0.25, -0.2) is 13.8 Å². The number of rotatable bonds is 6. The van der Waals surface area contributed by atoms with Crippen LogP contribution in [0.15, 0.2) is 29.4 Å². The number of amides is 1.